The van der Waals surface area contributed by atoms with Crippen LogP contribution in [0.15, 0.2) is 85.5 Å². The molecule has 37 heavy (non-hydrogen) atoms. The molecule has 2 fully saturated rings. The van der Waals surface area contributed by atoms with Gasteiger partial charge in [0.2, 0.25) is 10.0 Å². The normalized spacial score (nSPS) is 23.7. The SMILES string of the molecule is O=C(c1ccc(S(=O)(=O)N2CCOCC2)cc1)N1N=C2/C(=C\c3ccco3)CCC[C@@H]2[C@@H]1c1ccco1. The molecule has 4 heterocycles. The maximum atomic E-state index is 13.7. The molecule has 1 aromatic carbocycles. The molecule has 2 atom stereocenters. The monoisotopic (exact) mass is 521 g/mol. The van der Waals surface area contributed by atoms with Gasteiger partial charge in [0.1, 0.15) is 17.6 Å². The fraction of sp³-hybridized carbons (Fsp3) is 0.333. The lowest BCUT2D eigenvalue weighted by molar-refractivity contribution is 0.0656. The molecule has 9 nitrogen and oxygen atoms in total. The van der Waals surface area contributed by atoms with Crippen molar-refractivity contribution in [1.29, 1.82) is 0 Å². The molecule has 192 valence electrons. The molecule has 3 aliphatic rings. The first-order valence-electron chi connectivity index (χ1n) is 12.4. The zero-order valence-electron chi connectivity index (χ0n) is 20.2. The summed E-state index contributed by atoms with van der Waals surface area (Å²) >= 11 is 0. The quantitative estimate of drug-likeness (QED) is 0.495. The predicted octanol–water partition coefficient (Wildman–Crippen LogP) is 4.33. The molecular weight excluding hydrogens is 494 g/mol. The number of carbonyl (C=O) groups excluding carboxylic acids is 1. The number of rotatable bonds is 5. The fourth-order valence-corrected chi connectivity index (χ4v) is 6.70. The Kier molecular flexibility index (Phi) is 6.31. The molecule has 10 heteroatoms. The number of nitrogens with zero attached hydrogens (tertiary/aromatic N) is 3. The van der Waals surface area contributed by atoms with E-state index in [9.17, 15) is 13.2 Å². The van der Waals surface area contributed by atoms with Crippen molar-refractivity contribution in [2.45, 2.75) is 30.2 Å². The number of benzene rings is 1. The Balaban J connectivity index is 1.32. The van der Waals surface area contributed by atoms with E-state index in [2.05, 4.69) is 0 Å². The van der Waals surface area contributed by atoms with Crippen LogP contribution in [0.2, 0.25) is 0 Å². The van der Waals surface area contributed by atoms with Crippen LogP contribution in [0, 0.1) is 5.92 Å². The maximum Gasteiger partial charge on any atom is 0.274 e. The minimum Gasteiger partial charge on any atom is -0.467 e. The van der Waals surface area contributed by atoms with Gasteiger partial charge in [0.25, 0.3) is 5.91 Å². The molecule has 1 amide bonds. The Morgan fingerprint density at radius 2 is 1.76 bits per heavy atom. The van der Waals surface area contributed by atoms with Crippen LogP contribution in [0.3, 0.4) is 0 Å². The van der Waals surface area contributed by atoms with E-state index in [1.54, 1.807) is 24.7 Å². The van der Waals surface area contributed by atoms with Crippen LogP contribution in [0.4, 0.5) is 0 Å². The van der Waals surface area contributed by atoms with E-state index in [4.69, 9.17) is 18.7 Å². The summed E-state index contributed by atoms with van der Waals surface area (Å²) in [6, 6.07) is 13.1. The lowest BCUT2D eigenvalue weighted by atomic mass is 9.79. The van der Waals surface area contributed by atoms with Crippen molar-refractivity contribution in [3.05, 3.63) is 83.7 Å². The summed E-state index contributed by atoms with van der Waals surface area (Å²) < 4.78 is 43.9. The third-order valence-corrected chi connectivity index (χ3v) is 9.03. The van der Waals surface area contributed by atoms with Gasteiger partial charge in [-0.25, -0.2) is 13.4 Å². The first-order chi connectivity index (χ1) is 18.0. The van der Waals surface area contributed by atoms with Gasteiger partial charge in [-0.15, -0.1) is 0 Å². The number of fused-ring (bicyclic) bond motifs is 1. The second-order valence-corrected chi connectivity index (χ2v) is 11.3. The third kappa shape index (κ3) is 4.45. The Bertz CT molecular complexity index is 1420. The van der Waals surface area contributed by atoms with Crippen LogP contribution < -0.4 is 0 Å². The Hall–Kier alpha value is -3.47. The number of hydrogen-bond donors (Lipinski definition) is 0. The van der Waals surface area contributed by atoms with Crippen LogP contribution in [-0.4, -0.2) is 55.7 Å². The standard InChI is InChI=1S/C27H27N3O6S/c31-27(19-8-10-22(11-9-19)37(32,33)29-12-16-34-17-13-29)30-26(24-7-3-15-36-24)23-6-1-4-20(25(23)28-30)18-21-5-2-14-35-21/h2-3,5,7-11,14-15,18,23,26H,1,4,6,12-13,16-17H2/b20-18-/t23-,26+/m0/s1. The molecule has 0 bridgehead atoms. The van der Waals surface area contributed by atoms with Crippen LogP contribution in [0.1, 0.15) is 47.2 Å². The third-order valence-electron chi connectivity index (χ3n) is 7.11. The minimum absolute atomic E-state index is 0.00830. The van der Waals surface area contributed by atoms with E-state index in [1.165, 1.54) is 21.4 Å². The molecular formula is C27H27N3O6S. The lowest BCUT2D eigenvalue weighted by Crippen LogP contribution is -2.40. The summed E-state index contributed by atoms with van der Waals surface area (Å²) in [5, 5.41) is 6.31. The molecule has 1 saturated carbocycles. The predicted molar refractivity (Wildman–Crippen MR) is 135 cm³/mol. The number of amides is 1. The fourth-order valence-electron chi connectivity index (χ4n) is 5.29. The first-order valence-corrected chi connectivity index (χ1v) is 13.8. The van der Waals surface area contributed by atoms with Gasteiger partial charge in [0, 0.05) is 24.6 Å². The van der Waals surface area contributed by atoms with Gasteiger partial charge in [-0.05, 0) is 79.4 Å². The van der Waals surface area contributed by atoms with Crippen molar-refractivity contribution in [2.75, 3.05) is 26.3 Å². The van der Waals surface area contributed by atoms with Gasteiger partial charge in [-0.2, -0.15) is 9.41 Å². The second-order valence-electron chi connectivity index (χ2n) is 9.32. The number of sulfonamides is 1. The summed E-state index contributed by atoms with van der Waals surface area (Å²) in [6.07, 6.45) is 7.90. The van der Waals surface area contributed by atoms with Crippen molar-refractivity contribution in [3.63, 3.8) is 0 Å². The van der Waals surface area contributed by atoms with Gasteiger partial charge < -0.3 is 13.6 Å². The lowest BCUT2D eigenvalue weighted by Gasteiger charge is -2.28. The molecule has 0 unspecified atom stereocenters. The minimum atomic E-state index is -3.65. The number of hydrogen-bond acceptors (Lipinski definition) is 7. The number of furan rings is 2. The Labute approximate surface area is 215 Å². The van der Waals surface area contributed by atoms with Crippen molar-refractivity contribution in [1.82, 2.24) is 9.31 Å². The highest BCUT2D eigenvalue weighted by Gasteiger charge is 2.45. The number of carbonyl (C=O) groups is 1. The maximum absolute atomic E-state index is 13.7. The molecule has 0 radical (unpaired) electrons. The van der Waals surface area contributed by atoms with E-state index < -0.39 is 10.0 Å². The highest BCUT2D eigenvalue weighted by Crippen LogP contribution is 2.45. The number of morpholine rings is 1. The number of allylic oxidation sites excluding steroid dienone is 1. The van der Waals surface area contributed by atoms with Crippen LogP contribution in [0.5, 0.6) is 0 Å². The van der Waals surface area contributed by atoms with E-state index in [-0.39, 0.29) is 22.8 Å². The molecule has 0 spiro atoms. The van der Waals surface area contributed by atoms with Gasteiger partial charge >= 0.3 is 0 Å². The topological polar surface area (TPSA) is 106 Å². The Morgan fingerprint density at radius 1 is 1.00 bits per heavy atom. The molecule has 2 aromatic heterocycles. The molecule has 2 aliphatic heterocycles. The summed E-state index contributed by atoms with van der Waals surface area (Å²) in [5.41, 5.74) is 2.27. The zero-order chi connectivity index (χ0) is 25.4. The van der Waals surface area contributed by atoms with E-state index >= 15 is 0 Å². The second kappa shape index (κ2) is 9.77. The largest absolute Gasteiger partial charge is 0.467 e. The average molecular weight is 522 g/mol. The zero-order valence-corrected chi connectivity index (χ0v) is 21.0. The van der Waals surface area contributed by atoms with E-state index in [0.29, 0.717) is 37.6 Å². The summed E-state index contributed by atoms with van der Waals surface area (Å²) in [6.45, 7) is 1.37. The molecule has 1 saturated heterocycles. The molecule has 0 N–H and O–H groups in total. The van der Waals surface area contributed by atoms with Crippen LogP contribution in [0.25, 0.3) is 6.08 Å². The molecule has 1 aliphatic carbocycles. The van der Waals surface area contributed by atoms with Crippen LogP contribution >= 0.6 is 0 Å². The smallest absolute Gasteiger partial charge is 0.274 e. The number of hydrazone groups is 1. The highest BCUT2D eigenvalue weighted by atomic mass is 32.2. The van der Waals surface area contributed by atoms with Gasteiger partial charge in [0.15, 0.2) is 0 Å². The highest BCUT2D eigenvalue weighted by molar-refractivity contribution is 7.89. The van der Waals surface area contributed by atoms with Gasteiger partial charge in [-0.3, -0.25) is 4.79 Å². The Morgan fingerprint density at radius 3 is 2.46 bits per heavy atom. The van der Waals surface area contributed by atoms with Crippen molar-refractivity contribution in [3.8, 4) is 0 Å². The van der Waals surface area contributed by atoms with Gasteiger partial charge in [-0.1, -0.05) is 0 Å². The summed E-state index contributed by atoms with van der Waals surface area (Å²) in [7, 11) is -3.65. The van der Waals surface area contributed by atoms with Crippen molar-refractivity contribution in [2.24, 2.45) is 11.0 Å². The summed E-state index contributed by atoms with van der Waals surface area (Å²) in [5.74, 6) is 1.10. The van der Waals surface area contributed by atoms with E-state index in [1.807, 2.05) is 30.3 Å². The average Bonchev–Trinajstić information content (AvgIpc) is 3.70. The molecule has 6 rings (SSSR count). The van der Waals surface area contributed by atoms with Gasteiger partial charge in [0.05, 0.1) is 36.3 Å². The first kappa shape index (κ1) is 23.9. The number of ether oxygens (including phenoxy) is 1. The van der Waals surface area contributed by atoms with E-state index in [0.717, 1.165) is 36.3 Å². The van der Waals surface area contributed by atoms with Crippen molar-refractivity contribution >= 4 is 27.7 Å². The summed E-state index contributed by atoms with van der Waals surface area (Å²) in [4.78, 5) is 13.9. The molecule has 3 aromatic rings. The van der Waals surface area contributed by atoms with Crippen LogP contribution in [-0.2, 0) is 14.8 Å². The van der Waals surface area contributed by atoms with Crippen molar-refractivity contribution < 1.29 is 26.8 Å².